The third-order valence-corrected chi connectivity index (χ3v) is 4.79. The maximum absolute atomic E-state index is 12.1. The fourth-order valence-electron chi connectivity index (χ4n) is 1.56. The number of thioether (sulfide) groups is 1. The van der Waals surface area contributed by atoms with Crippen LogP contribution in [0, 0.1) is 0 Å². The van der Waals surface area contributed by atoms with Crippen LogP contribution in [-0.4, -0.2) is 16.5 Å². The molecule has 2 rings (SSSR count). The van der Waals surface area contributed by atoms with Crippen LogP contribution in [0.2, 0.25) is 15.1 Å². The van der Waals surface area contributed by atoms with E-state index < -0.39 is 0 Å². The molecule has 1 aromatic carbocycles. The highest BCUT2D eigenvalue weighted by Gasteiger charge is 2.15. The average molecular weight is 347 g/mol. The van der Waals surface area contributed by atoms with Gasteiger partial charge in [-0.3, -0.25) is 4.79 Å². The van der Waals surface area contributed by atoms with Crippen molar-refractivity contribution in [2.24, 2.45) is 0 Å². The minimum absolute atomic E-state index is 0.0583. The molecular weight excluding hydrogens is 337 g/mol. The van der Waals surface area contributed by atoms with E-state index in [0.717, 1.165) is 5.03 Å². The number of hydrogen-bond donors (Lipinski definition) is 0. The molecule has 0 saturated carbocycles. The van der Waals surface area contributed by atoms with Crippen LogP contribution >= 0.6 is 46.6 Å². The standard InChI is InChI=1S/C14H10Cl3NOS/c15-10-5-4-9(13(16)14(10)17)11(19)6-8-20-12-3-1-2-7-18-12/h1-5,7H,6,8H2. The molecule has 1 heterocycles. The Hall–Kier alpha value is -0.740. The molecule has 0 bridgehead atoms. The maximum atomic E-state index is 12.1. The Labute approximate surface area is 136 Å². The molecule has 0 aliphatic carbocycles. The van der Waals surface area contributed by atoms with Gasteiger partial charge in [-0.1, -0.05) is 40.9 Å². The molecule has 0 saturated heterocycles. The van der Waals surface area contributed by atoms with Gasteiger partial charge in [-0.15, -0.1) is 11.8 Å². The Morgan fingerprint density at radius 2 is 1.90 bits per heavy atom. The highest BCUT2D eigenvalue weighted by molar-refractivity contribution is 7.99. The lowest BCUT2D eigenvalue weighted by molar-refractivity contribution is 0.0989. The van der Waals surface area contributed by atoms with E-state index in [1.54, 1.807) is 18.3 Å². The molecule has 0 aliphatic rings. The number of nitrogens with zero attached hydrogens (tertiary/aromatic N) is 1. The molecule has 20 heavy (non-hydrogen) atoms. The van der Waals surface area contributed by atoms with E-state index in [0.29, 0.717) is 22.8 Å². The predicted octanol–water partition coefficient (Wildman–Crippen LogP) is 5.41. The van der Waals surface area contributed by atoms with E-state index in [4.69, 9.17) is 34.8 Å². The van der Waals surface area contributed by atoms with Gasteiger partial charge >= 0.3 is 0 Å². The molecule has 0 fully saturated rings. The zero-order valence-electron chi connectivity index (χ0n) is 10.3. The van der Waals surface area contributed by atoms with Crippen molar-refractivity contribution in [3.63, 3.8) is 0 Å². The molecule has 0 amide bonds. The van der Waals surface area contributed by atoms with Crippen LogP contribution < -0.4 is 0 Å². The number of Topliss-reactive ketones (excluding diaryl/α,β-unsaturated/α-hetero) is 1. The van der Waals surface area contributed by atoms with Gasteiger partial charge in [0.1, 0.15) is 0 Å². The average Bonchev–Trinajstić information content (AvgIpc) is 2.46. The van der Waals surface area contributed by atoms with E-state index >= 15 is 0 Å². The lowest BCUT2D eigenvalue weighted by Crippen LogP contribution is -2.02. The van der Waals surface area contributed by atoms with Gasteiger partial charge in [-0.25, -0.2) is 4.98 Å². The third kappa shape index (κ3) is 3.89. The number of benzene rings is 1. The summed E-state index contributed by atoms with van der Waals surface area (Å²) >= 11 is 19.3. The molecule has 104 valence electrons. The quantitative estimate of drug-likeness (QED) is 0.412. The van der Waals surface area contributed by atoms with Crippen molar-refractivity contribution in [2.45, 2.75) is 11.4 Å². The van der Waals surface area contributed by atoms with Gasteiger partial charge in [0.25, 0.3) is 0 Å². The first-order valence-electron chi connectivity index (χ1n) is 5.80. The second-order valence-corrected chi connectivity index (χ2v) is 6.19. The van der Waals surface area contributed by atoms with Crippen molar-refractivity contribution in [3.8, 4) is 0 Å². The Morgan fingerprint density at radius 3 is 2.60 bits per heavy atom. The molecule has 2 aromatic rings. The van der Waals surface area contributed by atoms with Crippen molar-refractivity contribution in [2.75, 3.05) is 5.75 Å². The number of rotatable bonds is 5. The molecule has 0 spiro atoms. The molecule has 0 atom stereocenters. The van der Waals surface area contributed by atoms with E-state index in [9.17, 15) is 4.79 Å². The van der Waals surface area contributed by atoms with Crippen molar-refractivity contribution < 1.29 is 4.79 Å². The summed E-state index contributed by atoms with van der Waals surface area (Å²) in [6, 6.07) is 8.85. The molecule has 0 radical (unpaired) electrons. The Bertz CT molecular complexity index is 619. The Morgan fingerprint density at radius 1 is 1.10 bits per heavy atom. The molecule has 6 heteroatoms. The second-order valence-electron chi connectivity index (χ2n) is 3.91. The van der Waals surface area contributed by atoms with E-state index in [1.807, 2.05) is 18.2 Å². The smallest absolute Gasteiger partial charge is 0.165 e. The van der Waals surface area contributed by atoms with Crippen molar-refractivity contribution >= 4 is 52.3 Å². The van der Waals surface area contributed by atoms with Gasteiger partial charge < -0.3 is 0 Å². The third-order valence-electron chi connectivity index (χ3n) is 2.55. The van der Waals surface area contributed by atoms with Crippen LogP contribution in [0.25, 0.3) is 0 Å². The van der Waals surface area contributed by atoms with E-state index in [1.165, 1.54) is 11.8 Å². The minimum Gasteiger partial charge on any atom is -0.294 e. The maximum Gasteiger partial charge on any atom is 0.165 e. The van der Waals surface area contributed by atoms with Gasteiger partial charge in [0.15, 0.2) is 5.78 Å². The summed E-state index contributed by atoms with van der Waals surface area (Å²) in [6.45, 7) is 0. The molecule has 1 aromatic heterocycles. The summed E-state index contributed by atoms with van der Waals surface area (Å²) in [5.41, 5.74) is 0.405. The normalized spacial score (nSPS) is 10.6. The number of hydrogen-bond acceptors (Lipinski definition) is 3. The summed E-state index contributed by atoms with van der Waals surface area (Å²) in [4.78, 5) is 16.3. The molecule has 0 unspecified atom stereocenters. The molecular formula is C14H10Cl3NOS. The fraction of sp³-hybridized carbons (Fsp3) is 0.143. The van der Waals surface area contributed by atoms with Crippen molar-refractivity contribution in [3.05, 3.63) is 57.2 Å². The van der Waals surface area contributed by atoms with Gasteiger partial charge in [0, 0.05) is 23.9 Å². The van der Waals surface area contributed by atoms with Crippen LogP contribution in [0.5, 0.6) is 0 Å². The first-order chi connectivity index (χ1) is 9.59. The highest BCUT2D eigenvalue weighted by Crippen LogP contribution is 2.33. The van der Waals surface area contributed by atoms with Crippen LogP contribution in [0.1, 0.15) is 16.8 Å². The van der Waals surface area contributed by atoms with Gasteiger partial charge in [0.2, 0.25) is 0 Å². The first kappa shape index (κ1) is 15.6. The SMILES string of the molecule is O=C(CCSc1ccccn1)c1ccc(Cl)c(Cl)c1Cl. The zero-order chi connectivity index (χ0) is 14.5. The van der Waals surface area contributed by atoms with Crippen LogP contribution in [-0.2, 0) is 0 Å². The molecule has 0 aliphatic heterocycles. The Kier molecular flexibility index (Phi) is 5.73. The first-order valence-corrected chi connectivity index (χ1v) is 7.92. The van der Waals surface area contributed by atoms with E-state index in [-0.39, 0.29) is 15.8 Å². The van der Waals surface area contributed by atoms with Gasteiger partial charge in [-0.05, 0) is 24.3 Å². The summed E-state index contributed by atoms with van der Waals surface area (Å²) in [5.74, 6) is 0.573. The lowest BCUT2D eigenvalue weighted by atomic mass is 10.1. The predicted molar refractivity (Wildman–Crippen MR) is 85.4 cm³/mol. The second kappa shape index (κ2) is 7.32. The number of carbonyl (C=O) groups excluding carboxylic acids is 1. The summed E-state index contributed by atoms with van der Waals surface area (Å²) in [5, 5.41) is 1.67. The lowest BCUT2D eigenvalue weighted by Gasteiger charge is -2.06. The largest absolute Gasteiger partial charge is 0.294 e. The van der Waals surface area contributed by atoms with Gasteiger partial charge in [0.05, 0.1) is 20.1 Å². The summed E-state index contributed by atoms with van der Waals surface area (Å²) in [6.07, 6.45) is 2.08. The number of aromatic nitrogens is 1. The van der Waals surface area contributed by atoms with Gasteiger partial charge in [-0.2, -0.15) is 0 Å². The summed E-state index contributed by atoms with van der Waals surface area (Å²) < 4.78 is 0. The van der Waals surface area contributed by atoms with Crippen LogP contribution in [0.4, 0.5) is 0 Å². The van der Waals surface area contributed by atoms with Crippen molar-refractivity contribution in [1.29, 1.82) is 0 Å². The fourth-order valence-corrected chi connectivity index (χ4v) is 3.00. The Balaban J connectivity index is 1.97. The van der Waals surface area contributed by atoms with Crippen LogP contribution in [0.15, 0.2) is 41.6 Å². The van der Waals surface area contributed by atoms with Crippen molar-refractivity contribution in [1.82, 2.24) is 4.98 Å². The highest BCUT2D eigenvalue weighted by atomic mass is 35.5. The zero-order valence-corrected chi connectivity index (χ0v) is 13.4. The van der Waals surface area contributed by atoms with E-state index in [2.05, 4.69) is 4.98 Å². The number of carbonyl (C=O) groups is 1. The summed E-state index contributed by atoms with van der Waals surface area (Å²) in [7, 11) is 0. The topological polar surface area (TPSA) is 30.0 Å². The number of pyridine rings is 1. The number of ketones is 1. The number of halogens is 3. The molecule has 2 nitrogen and oxygen atoms in total. The van der Waals surface area contributed by atoms with Crippen LogP contribution in [0.3, 0.4) is 0 Å². The minimum atomic E-state index is -0.0583. The molecule has 0 N–H and O–H groups in total. The monoisotopic (exact) mass is 345 g/mol.